The van der Waals surface area contributed by atoms with Crippen molar-refractivity contribution in [3.05, 3.63) is 65.1 Å². The number of nitrogens with one attached hydrogen (secondary N) is 2. The molecule has 0 atom stereocenters. The summed E-state index contributed by atoms with van der Waals surface area (Å²) < 4.78 is 13.6. The highest BCUT2D eigenvalue weighted by Gasteiger charge is 2.12. The molecule has 1 amide bonds. The van der Waals surface area contributed by atoms with Gasteiger partial charge in [-0.05, 0) is 42.5 Å². The van der Waals surface area contributed by atoms with E-state index in [1.807, 2.05) is 24.4 Å². The second kappa shape index (κ2) is 4.98. The molecule has 3 aromatic rings. The lowest BCUT2D eigenvalue weighted by molar-refractivity contribution is 0.102. The third-order valence-electron chi connectivity index (χ3n) is 2.98. The Morgan fingerprint density at radius 3 is 2.85 bits per heavy atom. The minimum Gasteiger partial charge on any atom is -0.361 e. The van der Waals surface area contributed by atoms with Crippen molar-refractivity contribution in [3.8, 4) is 0 Å². The Morgan fingerprint density at radius 2 is 2.00 bits per heavy atom. The summed E-state index contributed by atoms with van der Waals surface area (Å²) in [6.45, 7) is 0. The van der Waals surface area contributed by atoms with Gasteiger partial charge in [-0.1, -0.05) is 11.6 Å². The molecule has 3 nitrogen and oxygen atoms in total. The normalized spacial score (nSPS) is 10.7. The van der Waals surface area contributed by atoms with E-state index in [0.29, 0.717) is 10.7 Å². The molecule has 20 heavy (non-hydrogen) atoms. The number of hydrogen-bond donors (Lipinski definition) is 2. The first kappa shape index (κ1) is 12.7. The van der Waals surface area contributed by atoms with Gasteiger partial charge < -0.3 is 10.3 Å². The Labute approximate surface area is 119 Å². The zero-order valence-electron chi connectivity index (χ0n) is 10.3. The molecule has 2 N–H and O–H groups in total. The molecule has 3 rings (SSSR count). The Kier molecular flexibility index (Phi) is 3.16. The molecule has 0 radical (unpaired) electrons. The maximum absolute atomic E-state index is 13.6. The van der Waals surface area contributed by atoms with E-state index in [1.54, 1.807) is 6.07 Å². The minimum atomic E-state index is -0.602. The van der Waals surface area contributed by atoms with Crippen molar-refractivity contribution in [1.82, 2.24) is 4.98 Å². The summed E-state index contributed by atoms with van der Waals surface area (Å²) in [6.07, 6.45) is 1.81. The largest absolute Gasteiger partial charge is 0.361 e. The maximum Gasteiger partial charge on any atom is 0.258 e. The molecule has 1 aromatic heterocycles. The average Bonchev–Trinajstić information content (AvgIpc) is 2.89. The molecule has 0 bridgehead atoms. The van der Waals surface area contributed by atoms with Gasteiger partial charge in [0.05, 0.1) is 5.56 Å². The van der Waals surface area contributed by atoms with E-state index >= 15 is 0 Å². The fourth-order valence-electron chi connectivity index (χ4n) is 2.00. The van der Waals surface area contributed by atoms with Crippen LogP contribution in [0.15, 0.2) is 48.7 Å². The highest BCUT2D eigenvalue weighted by Crippen LogP contribution is 2.20. The van der Waals surface area contributed by atoms with E-state index in [9.17, 15) is 9.18 Å². The van der Waals surface area contributed by atoms with Crippen molar-refractivity contribution in [2.24, 2.45) is 0 Å². The van der Waals surface area contributed by atoms with Crippen LogP contribution in [-0.4, -0.2) is 10.9 Å². The predicted molar refractivity (Wildman–Crippen MR) is 77.7 cm³/mol. The molecule has 0 spiro atoms. The summed E-state index contributed by atoms with van der Waals surface area (Å²) in [6, 6.07) is 11.2. The topological polar surface area (TPSA) is 44.9 Å². The van der Waals surface area contributed by atoms with Crippen molar-refractivity contribution < 1.29 is 9.18 Å². The monoisotopic (exact) mass is 288 g/mol. The van der Waals surface area contributed by atoms with Gasteiger partial charge in [0.1, 0.15) is 5.82 Å². The van der Waals surface area contributed by atoms with Gasteiger partial charge in [-0.3, -0.25) is 4.79 Å². The van der Waals surface area contributed by atoms with Crippen LogP contribution >= 0.6 is 11.6 Å². The third-order valence-corrected chi connectivity index (χ3v) is 3.22. The van der Waals surface area contributed by atoms with Gasteiger partial charge in [0.2, 0.25) is 0 Å². The second-order valence-electron chi connectivity index (χ2n) is 4.36. The van der Waals surface area contributed by atoms with Crippen molar-refractivity contribution in [3.63, 3.8) is 0 Å². The molecule has 2 aromatic carbocycles. The van der Waals surface area contributed by atoms with Crippen molar-refractivity contribution in [1.29, 1.82) is 0 Å². The molecular weight excluding hydrogens is 279 g/mol. The van der Waals surface area contributed by atoms with Crippen LogP contribution in [0, 0.1) is 5.82 Å². The predicted octanol–water partition coefficient (Wildman–Crippen LogP) is 4.21. The lowest BCUT2D eigenvalue weighted by Gasteiger charge is -2.06. The number of amides is 1. The maximum atomic E-state index is 13.6. The van der Waals surface area contributed by atoms with Gasteiger partial charge in [-0.25, -0.2) is 4.39 Å². The summed E-state index contributed by atoms with van der Waals surface area (Å²) in [4.78, 5) is 15.1. The molecule has 1 heterocycles. The Hall–Kier alpha value is -2.33. The number of carbonyl (C=O) groups is 1. The van der Waals surface area contributed by atoms with Crippen molar-refractivity contribution in [2.75, 3.05) is 5.32 Å². The number of fused-ring (bicyclic) bond motifs is 1. The highest BCUT2D eigenvalue weighted by molar-refractivity contribution is 6.31. The van der Waals surface area contributed by atoms with E-state index in [1.165, 1.54) is 18.2 Å². The van der Waals surface area contributed by atoms with Crippen molar-refractivity contribution in [2.45, 2.75) is 0 Å². The number of halogens is 2. The van der Waals surface area contributed by atoms with Crippen LogP contribution in [-0.2, 0) is 0 Å². The van der Waals surface area contributed by atoms with Crippen LogP contribution in [0.1, 0.15) is 10.4 Å². The Morgan fingerprint density at radius 1 is 1.15 bits per heavy atom. The average molecular weight is 289 g/mol. The SMILES string of the molecule is O=C(Nc1ccc2[nH]ccc2c1)c1cc(Cl)ccc1F. The summed E-state index contributed by atoms with van der Waals surface area (Å²) in [5.41, 5.74) is 1.49. The van der Waals surface area contributed by atoms with Gasteiger partial charge in [-0.2, -0.15) is 0 Å². The molecule has 100 valence electrons. The van der Waals surface area contributed by atoms with Gasteiger partial charge in [0.15, 0.2) is 0 Å². The Balaban J connectivity index is 1.89. The third kappa shape index (κ3) is 2.38. The smallest absolute Gasteiger partial charge is 0.258 e. The van der Waals surface area contributed by atoms with Crippen LogP contribution in [0.2, 0.25) is 5.02 Å². The number of benzene rings is 2. The summed E-state index contributed by atoms with van der Waals surface area (Å²) >= 11 is 5.78. The molecule has 0 aliphatic heterocycles. The highest BCUT2D eigenvalue weighted by atomic mass is 35.5. The van der Waals surface area contributed by atoms with Crippen LogP contribution in [0.5, 0.6) is 0 Å². The molecular formula is C15H10ClFN2O. The number of aromatic nitrogens is 1. The molecule has 0 saturated carbocycles. The number of hydrogen-bond acceptors (Lipinski definition) is 1. The Bertz CT molecular complexity index is 797. The number of rotatable bonds is 2. The lowest BCUT2D eigenvalue weighted by atomic mass is 10.2. The van der Waals surface area contributed by atoms with Crippen LogP contribution < -0.4 is 5.32 Å². The minimum absolute atomic E-state index is 0.0772. The van der Waals surface area contributed by atoms with E-state index in [-0.39, 0.29) is 5.56 Å². The lowest BCUT2D eigenvalue weighted by Crippen LogP contribution is -2.13. The quantitative estimate of drug-likeness (QED) is 0.729. The zero-order chi connectivity index (χ0) is 14.1. The van der Waals surface area contributed by atoms with Crippen LogP contribution in [0.4, 0.5) is 10.1 Å². The van der Waals surface area contributed by atoms with E-state index in [0.717, 1.165) is 10.9 Å². The number of anilines is 1. The molecule has 0 fully saturated rings. The van der Waals surface area contributed by atoms with Gasteiger partial charge in [0.25, 0.3) is 5.91 Å². The van der Waals surface area contributed by atoms with Crippen molar-refractivity contribution >= 4 is 34.1 Å². The standard InChI is InChI=1S/C15H10ClFN2O/c16-10-1-3-13(17)12(8-10)15(20)19-11-2-4-14-9(7-11)5-6-18-14/h1-8,18H,(H,19,20). The number of H-pyrrole nitrogens is 1. The summed E-state index contributed by atoms with van der Waals surface area (Å²) in [5.74, 6) is -1.13. The first-order valence-corrected chi connectivity index (χ1v) is 6.35. The number of carbonyl (C=O) groups excluding carboxylic acids is 1. The van der Waals surface area contributed by atoms with Crippen LogP contribution in [0.3, 0.4) is 0 Å². The molecule has 0 saturated heterocycles. The first-order valence-electron chi connectivity index (χ1n) is 5.97. The fourth-order valence-corrected chi connectivity index (χ4v) is 2.17. The number of aromatic amines is 1. The van der Waals surface area contributed by atoms with Gasteiger partial charge in [-0.15, -0.1) is 0 Å². The van der Waals surface area contributed by atoms with Gasteiger partial charge in [0, 0.05) is 27.8 Å². The molecule has 0 aliphatic rings. The molecule has 5 heteroatoms. The molecule has 0 unspecified atom stereocenters. The van der Waals surface area contributed by atoms with Crippen LogP contribution in [0.25, 0.3) is 10.9 Å². The van der Waals surface area contributed by atoms with E-state index < -0.39 is 11.7 Å². The molecule has 0 aliphatic carbocycles. The van der Waals surface area contributed by atoms with E-state index in [2.05, 4.69) is 10.3 Å². The zero-order valence-corrected chi connectivity index (χ0v) is 11.0. The fraction of sp³-hybridized carbons (Fsp3) is 0. The second-order valence-corrected chi connectivity index (χ2v) is 4.79. The van der Waals surface area contributed by atoms with Gasteiger partial charge >= 0.3 is 0 Å². The summed E-state index contributed by atoms with van der Waals surface area (Å²) in [5, 5.41) is 3.94. The summed E-state index contributed by atoms with van der Waals surface area (Å²) in [7, 11) is 0. The van der Waals surface area contributed by atoms with E-state index in [4.69, 9.17) is 11.6 Å². The first-order chi connectivity index (χ1) is 9.63.